The number of benzene rings is 1. The summed E-state index contributed by atoms with van der Waals surface area (Å²) in [6.07, 6.45) is 3.29. The van der Waals surface area contributed by atoms with Gasteiger partial charge in [0.1, 0.15) is 23.5 Å². The maximum absolute atomic E-state index is 14.5. The molecule has 1 atom stereocenters. The molecule has 1 aliphatic rings. The van der Waals surface area contributed by atoms with E-state index in [-0.39, 0.29) is 17.3 Å². The van der Waals surface area contributed by atoms with Crippen LogP contribution in [0.25, 0.3) is 10.9 Å². The van der Waals surface area contributed by atoms with E-state index in [1.807, 2.05) is 6.07 Å². The van der Waals surface area contributed by atoms with E-state index >= 15 is 0 Å². The fourth-order valence-electron chi connectivity index (χ4n) is 3.31. The van der Waals surface area contributed by atoms with Crippen molar-refractivity contribution in [2.45, 2.75) is 18.9 Å². The molecule has 7 nitrogen and oxygen atoms in total. The lowest BCUT2D eigenvalue weighted by atomic mass is 10.1. The molecular weight excluding hydrogens is 323 g/mol. The Kier molecular flexibility index (Phi) is 3.79. The molecule has 2 aromatic heterocycles. The lowest BCUT2D eigenvalue weighted by Gasteiger charge is -2.26. The second-order valence-corrected chi connectivity index (χ2v) is 5.91. The third-order valence-electron chi connectivity index (χ3n) is 4.48. The average Bonchev–Trinajstić information content (AvgIpc) is 3.12. The summed E-state index contributed by atoms with van der Waals surface area (Å²) >= 11 is 0. The van der Waals surface area contributed by atoms with Crippen molar-refractivity contribution < 1.29 is 9.13 Å². The first-order valence-electron chi connectivity index (χ1n) is 8.02. The maximum Gasteiger partial charge on any atom is 0.191 e. The van der Waals surface area contributed by atoms with Gasteiger partial charge in [0.05, 0.1) is 18.8 Å². The second kappa shape index (κ2) is 6.12. The molecule has 0 amide bonds. The normalized spacial score (nSPS) is 17.2. The first-order chi connectivity index (χ1) is 12.2. The average molecular weight is 340 g/mol. The Morgan fingerprint density at radius 1 is 1.20 bits per heavy atom. The number of aromatic nitrogens is 4. The molecule has 1 unspecified atom stereocenters. The summed E-state index contributed by atoms with van der Waals surface area (Å²) < 4.78 is 19.6. The fraction of sp³-hybridized carbons (Fsp3) is 0.294. The Balaban J connectivity index is 1.80. The number of halogens is 1. The van der Waals surface area contributed by atoms with Gasteiger partial charge in [-0.05, 0) is 37.1 Å². The number of methoxy groups -OCH3 is 1. The van der Waals surface area contributed by atoms with Crippen molar-refractivity contribution in [1.82, 2.24) is 20.2 Å². The quantitative estimate of drug-likeness (QED) is 0.783. The summed E-state index contributed by atoms with van der Waals surface area (Å²) in [7, 11) is 1.43. The molecule has 25 heavy (non-hydrogen) atoms. The molecule has 4 rings (SSSR count). The molecule has 0 radical (unpaired) electrons. The minimum absolute atomic E-state index is 0.0244. The molecule has 1 saturated heterocycles. The fourth-order valence-corrected chi connectivity index (χ4v) is 3.31. The van der Waals surface area contributed by atoms with Crippen LogP contribution in [0.1, 0.15) is 24.6 Å². The van der Waals surface area contributed by atoms with E-state index in [1.54, 1.807) is 18.2 Å². The monoisotopic (exact) mass is 340 g/mol. The van der Waals surface area contributed by atoms with E-state index in [4.69, 9.17) is 10.5 Å². The van der Waals surface area contributed by atoms with Crippen molar-refractivity contribution in [3.05, 3.63) is 42.1 Å². The number of hydrogen-bond donors (Lipinski definition) is 1. The number of hydrogen-bond acceptors (Lipinski definition) is 7. The molecule has 1 aromatic carbocycles. The minimum atomic E-state index is -0.480. The highest BCUT2D eigenvalue weighted by Gasteiger charge is 2.30. The van der Waals surface area contributed by atoms with E-state index in [0.717, 1.165) is 25.1 Å². The Labute approximate surface area is 143 Å². The van der Waals surface area contributed by atoms with Gasteiger partial charge >= 0.3 is 0 Å². The third-order valence-corrected chi connectivity index (χ3v) is 4.48. The first kappa shape index (κ1) is 15.5. The predicted molar refractivity (Wildman–Crippen MR) is 91.8 cm³/mol. The highest BCUT2D eigenvalue weighted by Crippen LogP contribution is 2.38. The lowest BCUT2D eigenvalue weighted by Crippen LogP contribution is -2.25. The van der Waals surface area contributed by atoms with Gasteiger partial charge in [-0.15, -0.1) is 5.10 Å². The SMILES string of the molecule is COc1ccc2c(N3CCCC3c3ccc(N)nn3)ncnc2c1F. The van der Waals surface area contributed by atoms with Crippen LogP contribution in [0.5, 0.6) is 5.75 Å². The van der Waals surface area contributed by atoms with Gasteiger partial charge in [-0.25, -0.2) is 14.4 Å². The van der Waals surface area contributed by atoms with Crippen LogP contribution < -0.4 is 15.4 Å². The highest BCUT2D eigenvalue weighted by molar-refractivity contribution is 5.91. The summed E-state index contributed by atoms with van der Waals surface area (Å²) in [5, 5.41) is 8.80. The van der Waals surface area contributed by atoms with Gasteiger partial charge < -0.3 is 15.4 Å². The van der Waals surface area contributed by atoms with Crippen LogP contribution in [0.3, 0.4) is 0 Å². The predicted octanol–water partition coefficient (Wildman–Crippen LogP) is 2.49. The molecule has 0 spiro atoms. The Bertz CT molecular complexity index is 917. The lowest BCUT2D eigenvalue weighted by molar-refractivity contribution is 0.388. The number of anilines is 2. The largest absolute Gasteiger partial charge is 0.494 e. The smallest absolute Gasteiger partial charge is 0.191 e. The molecule has 1 fully saturated rings. The van der Waals surface area contributed by atoms with Crippen molar-refractivity contribution in [3.63, 3.8) is 0 Å². The molecular formula is C17H17FN6O. The van der Waals surface area contributed by atoms with E-state index in [0.29, 0.717) is 17.0 Å². The molecule has 3 heterocycles. The van der Waals surface area contributed by atoms with Crippen LogP contribution in [-0.2, 0) is 0 Å². The summed E-state index contributed by atoms with van der Waals surface area (Å²) in [5.74, 6) is 0.758. The zero-order chi connectivity index (χ0) is 17.4. The van der Waals surface area contributed by atoms with Crippen LogP contribution in [-0.4, -0.2) is 33.8 Å². The number of rotatable bonds is 3. The van der Waals surface area contributed by atoms with Crippen molar-refractivity contribution in [1.29, 1.82) is 0 Å². The van der Waals surface area contributed by atoms with Gasteiger partial charge in [-0.1, -0.05) is 0 Å². The van der Waals surface area contributed by atoms with Crippen molar-refractivity contribution in [3.8, 4) is 5.75 Å². The van der Waals surface area contributed by atoms with Gasteiger partial charge in [0.15, 0.2) is 11.6 Å². The van der Waals surface area contributed by atoms with E-state index in [2.05, 4.69) is 25.1 Å². The van der Waals surface area contributed by atoms with Gasteiger partial charge in [0.2, 0.25) is 0 Å². The van der Waals surface area contributed by atoms with E-state index in [1.165, 1.54) is 13.4 Å². The van der Waals surface area contributed by atoms with Gasteiger partial charge in [0.25, 0.3) is 0 Å². The number of fused-ring (bicyclic) bond motifs is 1. The van der Waals surface area contributed by atoms with Crippen molar-refractivity contribution in [2.75, 3.05) is 24.3 Å². The summed E-state index contributed by atoms with van der Waals surface area (Å²) in [5.41, 5.74) is 6.70. The van der Waals surface area contributed by atoms with Gasteiger partial charge in [-0.3, -0.25) is 0 Å². The summed E-state index contributed by atoms with van der Waals surface area (Å²) in [6, 6.07) is 7.02. The topological polar surface area (TPSA) is 90.1 Å². The molecule has 8 heteroatoms. The number of ether oxygens (including phenoxy) is 1. The minimum Gasteiger partial charge on any atom is -0.494 e. The Hall–Kier alpha value is -3.03. The van der Waals surface area contributed by atoms with Crippen LogP contribution >= 0.6 is 0 Å². The zero-order valence-corrected chi connectivity index (χ0v) is 13.7. The molecule has 0 aliphatic carbocycles. The third kappa shape index (κ3) is 2.59. The number of nitrogen functional groups attached to an aromatic ring is 1. The van der Waals surface area contributed by atoms with Crippen LogP contribution in [0.15, 0.2) is 30.6 Å². The molecule has 1 aliphatic heterocycles. The summed E-state index contributed by atoms with van der Waals surface area (Å²) in [6.45, 7) is 0.802. The first-order valence-corrected chi connectivity index (χ1v) is 8.02. The molecule has 0 bridgehead atoms. The molecule has 3 aromatic rings. The van der Waals surface area contributed by atoms with Crippen molar-refractivity contribution >= 4 is 22.5 Å². The zero-order valence-electron chi connectivity index (χ0n) is 13.7. The Morgan fingerprint density at radius 3 is 2.84 bits per heavy atom. The standard InChI is InChI=1S/C17H17FN6O/c1-25-13-6-4-10-16(15(13)18)20-9-21-17(10)24-8-2-3-12(24)11-5-7-14(19)23-22-11/h4-7,9,12H,2-3,8H2,1H3,(H2,19,23). The van der Waals surface area contributed by atoms with Crippen LogP contribution in [0.4, 0.5) is 16.0 Å². The highest BCUT2D eigenvalue weighted by atomic mass is 19.1. The van der Waals surface area contributed by atoms with Gasteiger partial charge in [-0.2, -0.15) is 5.10 Å². The maximum atomic E-state index is 14.5. The van der Waals surface area contributed by atoms with E-state index in [9.17, 15) is 4.39 Å². The van der Waals surface area contributed by atoms with E-state index < -0.39 is 5.82 Å². The van der Waals surface area contributed by atoms with Crippen molar-refractivity contribution in [2.24, 2.45) is 0 Å². The molecule has 128 valence electrons. The molecule has 2 N–H and O–H groups in total. The Morgan fingerprint density at radius 2 is 2.08 bits per heavy atom. The number of nitrogens with zero attached hydrogens (tertiary/aromatic N) is 5. The number of nitrogens with two attached hydrogens (primary N) is 1. The second-order valence-electron chi connectivity index (χ2n) is 5.91. The van der Waals surface area contributed by atoms with Gasteiger partial charge in [0, 0.05) is 11.9 Å². The summed E-state index contributed by atoms with van der Waals surface area (Å²) in [4.78, 5) is 10.6. The molecule has 0 saturated carbocycles. The van der Waals surface area contributed by atoms with Crippen LogP contribution in [0, 0.1) is 5.82 Å². The van der Waals surface area contributed by atoms with Crippen LogP contribution in [0.2, 0.25) is 0 Å².